The van der Waals surface area contributed by atoms with Crippen LogP contribution in [-0.4, -0.2) is 13.8 Å². The van der Waals surface area contributed by atoms with Gasteiger partial charge in [0.15, 0.2) is 0 Å². The van der Waals surface area contributed by atoms with Gasteiger partial charge in [-0.3, -0.25) is 5.32 Å². The second kappa shape index (κ2) is 4.91. The molecule has 0 bridgehead atoms. The van der Waals surface area contributed by atoms with Gasteiger partial charge in [0.05, 0.1) is 6.73 Å². The van der Waals surface area contributed by atoms with E-state index in [-0.39, 0.29) is 0 Å². The second-order valence-corrected chi connectivity index (χ2v) is 2.77. The van der Waals surface area contributed by atoms with Crippen LogP contribution in [0.15, 0.2) is 30.3 Å². The lowest BCUT2D eigenvalue weighted by Crippen LogP contribution is -2.20. The average molecular weight is 165 g/mol. The zero-order valence-corrected chi connectivity index (χ0v) is 7.58. The van der Waals surface area contributed by atoms with Crippen molar-refractivity contribution in [2.24, 2.45) is 0 Å². The highest BCUT2D eigenvalue weighted by Gasteiger charge is 2.01. The van der Waals surface area contributed by atoms with Gasteiger partial charge in [-0.2, -0.15) is 0 Å². The van der Waals surface area contributed by atoms with Crippen LogP contribution < -0.4 is 5.32 Å². The summed E-state index contributed by atoms with van der Waals surface area (Å²) < 4.78 is 4.92. The Morgan fingerprint density at radius 2 is 2.00 bits per heavy atom. The Morgan fingerprint density at radius 1 is 1.33 bits per heavy atom. The second-order valence-electron chi connectivity index (χ2n) is 2.77. The van der Waals surface area contributed by atoms with Gasteiger partial charge in [-0.1, -0.05) is 30.3 Å². The van der Waals surface area contributed by atoms with E-state index in [1.54, 1.807) is 7.11 Å². The number of methoxy groups -OCH3 is 1. The van der Waals surface area contributed by atoms with E-state index < -0.39 is 0 Å². The van der Waals surface area contributed by atoms with Gasteiger partial charge in [0.25, 0.3) is 0 Å². The third kappa shape index (κ3) is 2.64. The summed E-state index contributed by atoms with van der Waals surface area (Å²) in [5, 5.41) is 3.23. The molecular weight excluding hydrogens is 150 g/mol. The van der Waals surface area contributed by atoms with Crippen LogP contribution in [0.3, 0.4) is 0 Å². The number of rotatable bonds is 4. The molecule has 1 N–H and O–H groups in total. The maximum absolute atomic E-state index is 4.92. The van der Waals surface area contributed by atoms with Crippen LogP contribution in [0, 0.1) is 0 Å². The van der Waals surface area contributed by atoms with Gasteiger partial charge in [0.1, 0.15) is 0 Å². The normalized spacial score (nSPS) is 12.8. The zero-order valence-electron chi connectivity index (χ0n) is 7.58. The van der Waals surface area contributed by atoms with Gasteiger partial charge < -0.3 is 4.74 Å². The molecule has 0 aromatic heterocycles. The summed E-state index contributed by atoms with van der Waals surface area (Å²) in [5.74, 6) is 0. The summed E-state index contributed by atoms with van der Waals surface area (Å²) in [6, 6.07) is 10.7. The molecule has 1 atom stereocenters. The van der Waals surface area contributed by atoms with Crippen molar-refractivity contribution in [3.05, 3.63) is 35.9 Å². The van der Waals surface area contributed by atoms with E-state index in [0.29, 0.717) is 12.8 Å². The van der Waals surface area contributed by atoms with Gasteiger partial charge in [-0.15, -0.1) is 0 Å². The van der Waals surface area contributed by atoms with Gasteiger partial charge in [-0.05, 0) is 12.5 Å². The van der Waals surface area contributed by atoms with E-state index >= 15 is 0 Å². The standard InChI is InChI=1S/C10H15NO/c1-9(11-8-12-2)10-6-4-3-5-7-10/h3-7,9,11H,8H2,1-2H3/t9-/m0/s1. The van der Waals surface area contributed by atoms with E-state index in [9.17, 15) is 0 Å². The minimum atomic E-state index is 0.353. The fourth-order valence-electron chi connectivity index (χ4n) is 1.07. The molecule has 2 heteroatoms. The summed E-state index contributed by atoms with van der Waals surface area (Å²) in [6.45, 7) is 2.71. The van der Waals surface area contributed by atoms with Crippen molar-refractivity contribution in [2.45, 2.75) is 13.0 Å². The molecule has 0 unspecified atom stereocenters. The molecule has 1 rings (SSSR count). The minimum absolute atomic E-state index is 0.353. The maximum Gasteiger partial charge on any atom is 0.0966 e. The molecule has 66 valence electrons. The van der Waals surface area contributed by atoms with Crippen molar-refractivity contribution in [1.29, 1.82) is 0 Å². The van der Waals surface area contributed by atoms with Crippen LogP contribution in [0.2, 0.25) is 0 Å². The summed E-state index contributed by atoms with van der Waals surface area (Å²) in [6.07, 6.45) is 0. The fourth-order valence-corrected chi connectivity index (χ4v) is 1.07. The van der Waals surface area contributed by atoms with Crippen LogP contribution in [-0.2, 0) is 4.74 Å². The first kappa shape index (κ1) is 9.23. The Balaban J connectivity index is 2.48. The van der Waals surface area contributed by atoms with Crippen LogP contribution in [0.4, 0.5) is 0 Å². The number of nitrogens with one attached hydrogen (secondary N) is 1. The zero-order chi connectivity index (χ0) is 8.81. The molecule has 0 aliphatic heterocycles. The first-order valence-electron chi connectivity index (χ1n) is 4.12. The van der Waals surface area contributed by atoms with Crippen LogP contribution in [0.25, 0.3) is 0 Å². The quantitative estimate of drug-likeness (QED) is 0.688. The summed E-state index contributed by atoms with van der Waals surface area (Å²) in [5.41, 5.74) is 1.29. The first-order valence-corrected chi connectivity index (χ1v) is 4.12. The van der Waals surface area contributed by atoms with Crippen molar-refractivity contribution in [3.8, 4) is 0 Å². The maximum atomic E-state index is 4.92. The van der Waals surface area contributed by atoms with Gasteiger partial charge >= 0.3 is 0 Å². The lowest BCUT2D eigenvalue weighted by molar-refractivity contribution is 0.166. The predicted molar refractivity (Wildman–Crippen MR) is 49.9 cm³/mol. The summed E-state index contributed by atoms with van der Waals surface area (Å²) in [7, 11) is 1.69. The van der Waals surface area contributed by atoms with Gasteiger partial charge in [0.2, 0.25) is 0 Å². The molecule has 0 spiro atoms. The van der Waals surface area contributed by atoms with E-state index in [4.69, 9.17) is 4.74 Å². The molecule has 0 aliphatic rings. The molecule has 0 saturated carbocycles. The predicted octanol–water partition coefficient (Wildman–Crippen LogP) is 1.94. The molecule has 0 aliphatic carbocycles. The van der Waals surface area contributed by atoms with E-state index in [1.165, 1.54) is 5.56 Å². The summed E-state index contributed by atoms with van der Waals surface area (Å²) >= 11 is 0. The molecule has 12 heavy (non-hydrogen) atoms. The fraction of sp³-hybridized carbons (Fsp3) is 0.400. The molecule has 0 saturated heterocycles. The summed E-state index contributed by atoms with van der Waals surface area (Å²) in [4.78, 5) is 0. The third-order valence-corrected chi connectivity index (χ3v) is 1.83. The lowest BCUT2D eigenvalue weighted by Gasteiger charge is -2.12. The minimum Gasteiger partial charge on any atom is -0.370 e. The molecule has 1 aromatic rings. The van der Waals surface area contributed by atoms with Crippen LogP contribution in [0.5, 0.6) is 0 Å². The van der Waals surface area contributed by atoms with E-state index in [0.717, 1.165) is 0 Å². The van der Waals surface area contributed by atoms with E-state index in [2.05, 4.69) is 24.4 Å². The molecule has 0 amide bonds. The molecular formula is C10H15NO. The highest BCUT2D eigenvalue weighted by Crippen LogP contribution is 2.09. The number of hydrogen-bond donors (Lipinski definition) is 1. The molecule has 0 radical (unpaired) electrons. The van der Waals surface area contributed by atoms with Crippen molar-refractivity contribution in [1.82, 2.24) is 5.32 Å². The van der Waals surface area contributed by atoms with Crippen molar-refractivity contribution in [3.63, 3.8) is 0 Å². The van der Waals surface area contributed by atoms with Crippen LogP contribution >= 0.6 is 0 Å². The highest BCUT2D eigenvalue weighted by atomic mass is 16.5. The average Bonchev–Trinajstić information content (AvgIpc) is 2.15. The van der Waals surface area contributed by atoms with E-state index in [1.807, 2.05) is 18.2 Å². The number of benzene rings is 1. The highest BCUT2D eigenvalue weighted by molar-refractivity contribution is 5.17. The molecule has 2 nitrogen and oxygen atoms in total. The molecule has 0 fully saturated rings. The smallest absolute Gasteiger partial charge is 0.0966 e. The first-order chi connectivity index (χ1) is 5.84. The molecule has 1 aromatic carbocycles. The largest absolute Gasteiger partial charge is 0.370 e. The Labute approximate surface area is 73.6 Å². The Morgan fingerprint density at radius 3 is 2.58 bits per heavy atom. The Hall–Kier alpha value is -0.860. The topological polar surface area (TPSA) is 21.3 Å². The third-order valence-electron chi connectivity index (χ3n) is 1.83. The number of ether oxygens (including phenoxy) is 1. The SMILES string of the molecule is COCN[C@@H](C)c1ccccc1. The Kier molecular flexibility index (Phi) is 3.77. The molecule has 0 heterocycles. The van der Waals surface area contributed by atoms with Gasteiger partial charge in [0, 0.05) is 13.2 Å². The lowest BCUT2D eigenvalue weighted by atomic mass is 10.1. The van der Waals surface area contributed by atoms with Gasteiger partial charge in [-0.25, -0.2) is 0 Å². The van der Waals surface area contributed by atoms with Crippen molar-refractivity contribution >= 4 is 0 Å². The number of hydrogen-bond acceptors (Lipinski definition) is 2. The van der Waals surface area contributed by atoms with Crippen LogP contribution in [0.1, 0.15) is 18.5 Å². The monoisotopic (exact) mass is 165 g/mol. The Bertz CT molecular complexity index is 210. The van der Waals surface area contributed by atoms with Crippen molar-refractivity contribution < 1.29 is 4.74 Å². The van der Waals surface area contributed by atoms with Crippen molar-refractivity contribution in [2.75, 3.05) is 13.8 Å².